The number of para-hydroxylation sites is 1. The van der Waals surface area contributed by atoms with Crippen molar-refractivity contribution in [2.24, 2.45) is 0 Å². The predicted molar refractivity (Wildman–Crippen MR) is 99.1 cm³/mol. The van der Waals surface area contributed by atoms with Crippen molar-refractivity contribution in [1.29, 1.82) is 0 Å². The highest BCUT2D eigenvalue weighted by Gasteiger charge is 2.15. The first-order valence-corrected chi connectivity index (χ1v) is 9.30. The molecule has 0 fully saturated rings. The maximum Gasteiger partial charge on any atom is 0.240 e. The second kappa shape index (κ2) is 6.63. The standard InChI is InChI=1S/C19H20N2O2S/c1-14(2)21-24(22,23)19-11-9-15-12-18(10-8-16(15)13-19)20-17-6-4-3-5-7-17/h3-14,20-21H,1-2H3. The van der Waals surface area contributed by atoms with E-state index < -0.39 is 10.0 Å². The highest BCUT2D eigenvalue weighted by molar-refractivity contribution is 7.89. The molecule has 5 heteroatoms. The Labute approximate surface area is 142 Å². The van der Waals surface area contributed by atoms with Gasteiger partial charge in [0, 0.05) is 17.4 Å². The monoisotopic (exact) mass is 340 g/mol. The average molecular weight is 340 g/mol. The first kappa shape index (κ1) is 16.5. The van der Waals surface area contributed by atoms with Crippen LogP contribution in [0.25, 0.3) is 10.8 Å². The average Bonchev–Trinajstić information content (AvgIpc) is 2.54. The van der Waals surface area contributed by atoms with Crippen molar-refractivity contribution in [2.45, 2.75) is 24.8 Å². The van der Waals surface area contributed by atoms with Crippen LogP contribution in [0.3, 0.4) is 0 Å². The van der Waals surface area contributed by atoms with E-state index in [-0.39, 0.29) is 10.9 Å². The van der Waals surface area contributed by atoms with Gasteiger partial charge in [-0.05, 0) is 61.0 Å². The SMILES string of the molecule is CC(C)NS(=O)(=O)c1ccc2cc(Nc3ccccc3)ccc2c1. The van der Waals surface area contributed by atoms with Gasteiger partial charge in [0.05, 0.1) is 4.90 Å². The van der Waals surface area contributed by atoms with Crippen molar-refractivity contribution in [3.8, 4) is 0 Å². The van der Waals surface area contributed by atoms with Crippen LogP contribution < -0.4 is 10.0 Å². The second-order valence-corrected chi connectivity index (χ2v) is 7.70. The van der Waals surface area contributed by atoms with Crippen molar-refractivity contribution in [1.82, 2.24) is 4.72 Å². The van der Waals surface area contributed by atoms with Crippen LogP contribution in [0.4, 0.5) is 11.4 Å². The molecule has 124 valence electrons. The molecule has 0 aromatic heterocycles. The molecule has 0 amide bonds. The van der Waals surface area contributed by atoms with Gasteiger partial charge in [-0.2, -0.15) is 0 Å². The summed E-state index contributed by atoms with van der Waals surface area (Å²) in [6.45, 7) is 3.61. The number of anilines is 2. The van der Waals surface area contributed by atoms with Crippen LogP contribution in [0.2, 0.25) is 0 Å². The highest BCUT2D eigenvalue weighted by Crippen LogP contribution is 2.24. The maximum atomic E-state index is 12.3. The Hall–Kier alpha value is -2.37. The number of fused-ring (bicyclic) bond motifs is 1. The van der Waals surface area contributed by atoms with E-state index in [4.69, 9.17) is 0 Å². The molecule has 3 aromatic carbocycles. The minimum Gasteiger partial charge on any atom is -0.356 e. The third-order valence-electron chi connectivity index (χ3n) is 3.58. The van der Waals surface area contributed by atoms with Gasteiger partial charge in [0.25, 0.3) is 0 Å². The van der Waals surface area contributed by atoms with Gasteiger partial charge in [-0.15, -0.1) is 0 Å². The van der Waals surface area contributed by atoms with Gasteiger partial charge in [-0.3, -0.25) is 0 Å². The fourth-order valence-corrected chi connectivity index (χ4v) is 3.82. The zero-order valence-electron chi connectivity index (χ0n) is 13.7. The molecule has 0 aliphatic rings. The summed E-state index contributed by atoms with van der Waals surface area (Å²) in [7, 11) is -3.48. The van der Waals surface area contributed by atoms with Gasteiger partial charge in [0.2, 0.25) is 10.0 Å². The molecular formula is C19H20N2O2S. The zero-order valence-corrected chi connectivity index (χ0v) is 14.5. The summed E-state index contributed by atoms with van der Waals surface area (Å²) >= 11 is 0. The van der Waals surface area contributed by atoms with Crippen molar-refractivity contribution in [3.63, 3.8) is 0 Å². The van der Waals surface area contributed by atoms with Crippen LogP contribution in [0, 0.1) is 0 Å². The molecule has 0 saturated carbocycles. The third kappa shape index (κ3) is 3.75. The number of rotatable bonds is 5. The lowest BCUT2D eigenvalue weighted by atomic mass is 10.1. The minimum absolute atomic E-state index is 0.136. The Morgan fingerprint density at radius 1 is 0.792 bits per heavy atom. The van der Waals surface area contributed by atoms with E-state index in [1.54, 1.807) is 26.0 Å². The van der Waals surface area contributed by atoms with Crippen LogP contribution in [0.15, 0.2) is 71.6 Å². The molecule has 2 N–H and O–H groups in total. The van der Waals surface area contributed by atoms with Crippen LogP contribution in [0.1, 0.15) is 13.8 Å². The Bertz CT molecular complexity index is 952. The van der Waals surface area contributed by atoms with Gasteiger partial charge in [0.1, 0.15) is 0 Å². The summed E-state index contributed by atoms with van der Waals surface area (Å²) in [4.78, 5) is 0.285. The molecular weight excluding hydrogens is 320 g/mol. The topological polar surface area (TPSA) is 58.2 Å². The molecule has 3 aromatic rings. The molecule has 0 bridgehead atoms. The fraction of sp³-hybridized carbons (Fsp3) is 0.158. The Balaban J connectivity index is 1.91. The summed E-state index contributed by atoms with van der Waals surface area (Å²) in [5.41, 5.74) is 1.97. The van der Waals surface area contributed by atoms with Crippen molar-refractivity contribution in [3.05, 3.63) is 66.7 Å². The summed E-state index contributed by atoms with van der Waals surface area (Å²) < 4.78 is 27.1. The fourth-order valence-electron chi connectivity index (χ4n) is 2.54. The van der Waals surface area contributed by atoms with Crippen molar-refractivity contribution < 1.29 is 8.42 Å². The highest BCUT2D eigenvalue weighted by atomic mass is 32.2. The first-order chi connectivity index (χ1) is 11.4. The smallest absolute Gasteiger partial charge is 0.240 e. The van der Waals surface area contributed by atoms with E-state index in [0.717, 1.165) is 22.1 Å². The van der Waals surface area contributed by atoms with Crippen molar-refractivity contribution >= 4 is 32.2 Å². The van der Waals surface area contributed by atoms with Gasteiger partial charge in [-0.1, -0.05) is 30.3 Å². The molecule has 24 heavy (non-hydrogen) atoms. The molecule has 4 nitrogen and oxygen atoms in total. The second-order valence-electron chi connectivity index (χ2n) is 5.99. The summed E-state index contributed by atoms with van der Waals surface area (Å²) in [6, 6.07) is 20.8. The molecule has 3 rings (SSSR count). The number of sulfonamides is 1. The number of benzene rings is 3. The predicted octanol–water partition coefficient (Wildman–Crippen LogP) is 4.27. The molecule has 0 saturated heterocycles. The molecule has 0 atom stereocenters. The molecule has 0 aliphatic heterocycles. The normalized spacial score (nSPS) is 11.8. The summed E-state index contributed by atoms with van der Waals surface area (Å²) in [5.74, 6) is 0. The van der Waals surface area contributed by atoms with Crippen molar-refractivity contribution in [2.75, 3.05) is 5.32 Å². The Kier molecular flexibility index (Phi) is 4.55. The third-order valence-corrected chi connectivity index (χ3v) is 5.23. The molecule has 0 spiro atoms. The largest absolute Gasteiger partial charge is 0.356 e. The zero-order chi connectivity index (χ0) is 17.2. The molecule has 0 heterocycles. The molecule has 0 unspecified atom stereocenters. The lowest BCUT2D eigenvalue weighted by molar-refractivity contribution is 0.570. The van der Waals surface area contributed by atoms with Gasteiger partial charge < -0.3 is 5.32 Å². The van der Waals surface area contributed by atoms with Crippen LogP contribution in [-0.2, 0) is 10.0 Å². The summed E-state index contributed by atoms with van der Waals surface area (Å²) in [6.07, 6.45) is 0. The van der Waals surface area contributed by atoms with E-state index in [9.17, 15) is 8.42 Å². The Morgan fingerprint density at radius 2 is 1.46 bits per heavy atom. The quantitative estimate of drug-likeness (QED) is 0.729. The van der Waals surface area contributed by atoms with Crippen LogP contribution >= 0.6 is 0 Å². The maximum absolute atomic E-state index is 12.3. The molecule has 0 aliphatic carbocycles. The lowest BCUT2D eigenvalue weighted by Crippen LogP contribution is -2.30. The number of nitrogens with one attached hydrogen (secondary N) is 2. The van der Waals surface area contributed by atoms with E-state index in [2.05, 4.69) is 10.0 Å². The van der Waals surface area contributed by atoms with E-state index in [1.165, 1.54) is 0 Å². The first-order valence-electron chi connectivity index (χ1n) is 7.82. The number of hydrogen-bond donors (Lipinski definition) is 2. The van der Waals surface area contributed by atoms with E-state index in [1.807, 2.05) is 54.6 Å². The van der Waals surface area contributed by atoms with Gasteiger partial charge in [0.15, 0.2) is 0 Å². The van der Waals surface area contributed by atoms with Crippen LogP contribution in [-0.4, -0.2) is 14.5 Å². The van der Waals surface area contributed by atoms with Crippen LogP contribution in [0.5, 0.6) is 0 Å². The van der Waals surface area contributed by atoms with E-state index in [0.29, 0.717) is 0 Å². The lowest BCUT2D eigenvalue weighted by Gasteiger charge is -2.11. The minimum atomic E-state index is -3.48. The summed E-state index contributed by atoms with van der Waals surface area (Å²) in [5, 5.41) is 5.21. The Morgan fingerprint density at radius 3 is 2.17 bits per heavy atom. The van der Waals surface area contributed by atoms with Gasteiger partial charge >= 0.3 is 0 Å². The molecule has 0 radical (unpaired) electrons. The van der Waals surface area contributed by atoms with Gasteiger partial charge in [-0.25, -0.2) is 13.1 Å². The van der Waals surface area contributed by atoms with E-state index >= 15 is 0 Å². The number of hydrogen-bond acceptors (Lipinski definition) is 3.